The van der Waals surface area contributed by atoms with Crippen LogP contribution < -0.4 is 5.32 Å². The van der Waals surface area contributed by atoms with E-state index >= 15 is 0 Å². The van der Waals surface area contributed by atoms with Crippen LogP contribution in [0, 0.1) is 5.82 Å². The predicted molar refractivity (Wildman–Crippen MR) is 96.5 cm³/mol. The van der Waals surface area contributed by atoms with Gasteiger partial charge >= 0.3 is 0 Å². The summed E-state index contributed by atoms with van der Waals surface area (Å²) in [6.07, 6.45) is 5.55. The molecular weight excluding hydrogens is 315 g/mol. The summed E-state index contributed by atoms with van der Waals surface area (Å²) in [5, 5.41) is 3.48. The van der Waals surface area contributed by atoms with Gasteiger partial charge in [-0.3, -0.25) is 14.9 Å². The number of nitrogens with zero attached hydrogens (tertiary/aromatic N) is 3. The van der Waals surface area contributed by atoms with Gasteiger partial charge in [0, 0.05) is 61.6 Å². The molecule has 0 aliphatic carbocycles. The number of fused-ring (bicyclic) bond motifs is 1. The van der Waals surface area contributed by atoms with Crippen molar-refractivity contribution >= 4 is 5.69 Å². The zero-order valence-electron chi connectivity index (χ0n) is 13.8. The molecule has 1 aliphatic rings. The van der Waals surface area contributed by atoms with Crippen molar-refractivity contribution in [2.24, 2.45) is 0 Å². The molecule has 5 heteroatoms. The Labute approximate surface area is 146 Å². The second kappa shape index (κ2) is 6.99. The van der Waals surface area contributed by atoms with Crippen LogP contribution in [-0.4, -0.2) is 28.0 Å². The molecule has 1 aliphatic heterocycles. The highest BCUT2D eigenvalue weighted by Crippen LogP contribution is 2.26. The molecule has 0 radical (unpaired) electrons. The molecular formula is C20H19FN4. The number of hydrogen-bond donors (Lipinski definition) is 1. The number of anilines is 1. The quantitative estimate of drug-likeness (QED) is 0.793. The van der Waals surface area contributed by atoms with Gasteiger partial charge in [0.2, 0.25) is 0 Å². The van der Waals surface area contributed by atoms with E-state index in [-0.39, 0.29) is 5.82 Å². The first kappa shape index (κ1) is 15.7. The summed E-state index contributed by atoms with van der Waals surface area (Å²) in [6.45, 7) is 3.54. The Bertz CT molecular complexity index is 867. The predicted octanol–water partition coefficient (Wildman–Crippen LogP) is 3.71. The van der Waals surface area contributed by atoms with Gasteiger partial charge in [-0.2, -0.15) is 0 Å². The lowest BCUT2D eigenvalue weighted by atomic mass is 10.1. The third kappa shape index (κ3) is 3.67. The van der Waals surface area contributed by atoms with Crippen molar-refractivity contribution in [3.05, 3.63) is 78.0 Å². The van der Waals surface area contributed by atoms with Gasteiger partial charge in [0.15, 0.2) is 0 Å². The average Bonchev–Trinajstić information content (AvgIpc) is 2.83. The van der Waals surface area contributed by atoms with E-state index in [2.05, 4.69) is 20.2 Å². The summed E-state index contributed by atoms with van der Waals surface area (Å²) in [5.41, 5.74) is 5.07. The van der Waals surface area contributed by atoms with E-state index in [9.17, 15) is 4.39 Å². The van der Waals surface area contributed by atoms with E-state index in [0.29, 0.717) is 0 Å². The van der Waals surface area contributed by atoms with Crippen molar-refractivity contribution in [3.63, 3.8) is 0 Å². The largest absolute Gasteiger partial charge is 0.383 e. The lowest BCUT2D eigenvalue weighted by molar-refractivity contribution is 0.271. The molecule has 2 aromatic heterocycles. The Hall–Kier alpha value is -2.79. The fraction of sp³-hybridized carbons (Fsp3) is 0.200. The van der Waals surface area contributed by atoms with Crippen LogP contribution in [0.2, 0.25) is 0 Å². The maximum atomic E-state index is 13.5. The molecule has 25 heavy (non-hydrogen) atoms. The fourth-order valence-corrected chi connectivity index (χ4v) is 3.13. The third-order valence-corrected chi connectivity index (χ3v) is 4.40. The zero-order valence-corrected chi connectivity index (χ0v) is 13.8. The molecule has 0 spiro atoms. The van der Waals surface area contributed by atoms with E-state index in [4.69, 9.17) is 0 Å². The highest BCUT2D eigenvalue weighted by atomic mass is 19.1. The van der Waals surface area contributed by atoms with Crippen LogP contribution in [0.4, 0.5) is 10.1 Å². The van der Waals surface area contributed by atoms with Crippen LogP contribution in [0.3, 0.4) is 0 Å². The molecule has 3 aromatic rings. The normalized spacial score (nSPS) is 14.4. The van der Waals surface area contributed by atoms with Crippen LogP contribution in [-0.2, 0) is 13.1 Å². The summed E-state index contributed by atoms with van der Waals surface area (Å²) in [6, 6.07) is 12.7. The number of halogens is 1. The number of rotatable bonds is 3. The van der Waals surface area contributed by atoms with E-state index < -0.39 is 0 Å². The minimum atomic E-state index is -0.245. The van der Waals surface area contributed by atoms with E-state index in [1.165, 1.54) is 17.7 Å². The molecule has 0 atom stereocenters. The van der Waals surface area contributed by atoms with E-state index in [1.54, 1.807) is 6.07 Å². The SMILES string of the molecule is Fc1cccc(-c2cc3c(cn2)CN(Cc2ccncc2)CCN3)c1. The summed E-state index contributed by atoms with van der Waals surface area (Å²) in [4.78, 5) is 11.0. The number of pyridine rings is 2. The molecule has 0 unspecified atom stereocenters. The molecule has 0 bridgehead atoms. The molecule has 0 fully saturated rings. The highest BCUT2D eigenvalue weighted by Gasteiger charge is 2.16. The minimum Gasteiger partial charge on any atom is -0.383 e. The van der Waals surface area contributed by atoms with Crippen molar-refractivity contribution in [2.45, 2.75) is 13.1 Å². The monoisotopic (exact) mass is 334 g/mol. The number of aromatic nitrogens is 2. The maximum absolute atomic E-state index is 13.5. The first-order valence-corrected chi connectivity index (χ1v) is 8.38. The topological polar surface area (TPSA) is 41.1 Å². The summed E-state index contributed by atoms with van der Waals surface area (Å²) >= 11 is 0. The Morgan fingerprint density at radius 3 is 2.84 bits per heavy atom. The van der Waals surface area contributed by atoms with Gasteiger partial charge in [-0.25, -0.2) is 4.39 Å². The first-order chi connectivity index (χ1) is 12.3. The molecule has 126 valence electrons. The highest BCUT2D eigenvalue weighted by molar-refractivity contribution is 5.66. The maximum Gasteiger partial charge on any atom is 0.123 e. The Balaban J connectivity index is 1.56. The standard InChI is InChI=1S/C20H19FN4/c21-18-3-1-2-16(10-18)19-11-20-17(12-24-19)14-25(9-8-23-20)13-15-4-6-22-7-5-15/h1-7,10-12,23H,8-9,13-14H2. The molecule has 1 N–H and O–H groups in total. The Morgan fingerprint density at radius 1 is 1.12 bits per heavy atom. The van der Waals surface area contributed by atoms with Gasteiger partial charge in [-0.05, 0) is 35.9 Å². The summed E-state index contributed by atoms with van der Waals surface area (Å²) in [5.74, 6) is -0.245. The molecule has 0 saturated carbocycles. The molecule has 1 aromatic carbocycles. The van der Waals surface area contributed by atoms with Crippen LogP contribution in [0.5, 0.6) is 0 Å². The zero-order chi connectivity index (χ0) is 17.1. The third-order valence-electron chi connectivity index (χ3n) is 4.40. The van der Waals surface area contributed by atoms with Gasteiger partial charge in [0.05, 0.1) is 5.69 Å². The van der Waals surface area contributed by atoms with E-state index in [0.717, 1.165) is 48.7 Å². The van der Waals surface area contributed by atoms with Crippen molar-refractivity contribution in [2.75, 3.05) is 18.4 Å². The number of benzene rings is 1. The van der Waals surface area contributed by atoms with Gasteiger partial charge in [0.1, 0.15) is 5.82 Å². The Kier molecular flexibility index (Phi) is 4.39. The first-order valence-electron chi connectivity index (χ1n) is 8.38. The van der Waals surface area contributed by atoms with Crippen LogP contribution in [0.1, 0.15) is 11.1 Å². The lowest BCUT2D eigenvalue weighted by Crippen LogP contribution is -2.25. The summed E-state index contributed by atoms with van der Waals surface area (Å²) in [7, 11) is 0. The van der Waals surface area contributed by atoms with Crippen molar-refractivity contribution in [3.8, 4) is 11.3 Å². The lowest BCUT2D eigenvalue weighted by Gasteiger charge is -2.19. The van der Waals surface area contributed by atoms with Crippen LogP contribution in [0.15, 0.2) is 61.1 Å². The van der Waals surface area contributed by atoms with Crippen molar-refractivity contribution in [1.29, 1.82) is 0 Å². The molecule has 4 rings (SSSR count). The molecule has 0 saturated heterocycles. The molecule has 4 nitrogen and oxygen atoms in total. The number of nitrogens with one attached hydrogen (secondary N) is 1. The Morgan fingerprint density at radius 2 is 2.00 bits per heavy atom. The smallest absolute Gasteiger partial charge is 0.123 e. The van der Waals surface area contributed by atoms with Crippen LogP contribution in [0.25, 0.3) is 11.3 Å². The second-order valence-corrected chi connectivity index (χ2v) is 6.23. The van der Waals surface area contributed by atoms with Crippen molar-refractivity contribution in [1.82, 2.24) is 14.9 Å². The van der Waals surface area contributed by atoms with E-state index in [1.807, 2.05) is 42.9 Å². The van der Waals surface area contributed by atoms with Gasteiger partial charge < -0.3 is 5.32 Å². The second-order valence-electron chi connectivity index (χ2n) is 6.23. The minimum absolute atomic E-state index is 0.245. The average molecular weight is 334 g/mol. The molecule has 3 heterocycles. The van der Waals surface area contributed by atoms with Crippen molar-refractivity contribution < 1.29 is 4.39 Å². The summed E-state index contributed by atoms with van der Waals surface area (Å²) < 4.78 is 13.5. The van der Waals surface area contributed by atoms with Gasteiger partial charge in [-0.1, -0.05) is 12.1 Å². The van der Waals surface area contributed by atoms with Gasteiger partial charge in [-0.15, -0.1) is 0 Å². The van der Waals surface area contributed by atoms with Crippen LogP contribution >= 0.6 is 0 Å². The number of hydrogen-bond acceptors (Lipinski definition) is 4. The molecule has 0 amide bonds. The van der Waals surface area contributed by atoms with Gasteiger partial charge in [0.25, 0.3) is 0 Å². The fourth-order valence-electron chi connectivity index (χ4n) is 3.13.